The van der Waals surface area contributed by atoms with Gasteiger partial charge in [0.15, 0.2) is 11.5 Å². The summed E-state index contributed by atoms with van der Waals surface area (Å²) >= 11 is 0. The lowest BCUT2D eigenvalue weighted by molar-refractivity contribution is -0.0677. The van der Waals surface area contributed by atoms with Gasteiger partial charge in [-0.05, 0) is 51.4 Å². The second-order valence-electron chi connectivity index (χ2n) is 8.62. The number of aromatic nitrogens is 4. The molecule has 1 atom stereocenters. The average Bonchev–Trinajstić information content (AvgIpc) is 3.16. The molecule has 3 aliphatic carbocycles. The zero-order chi connectivity index (χ0) is 19.9. The summed E-state index contributed by atoms with van der Waals surface area (Å²) in [5.74, 6) is 1.37. The predicted octanol–water partition coefficient (Wildman–Crippen LogP) is 2.05. The molecule has 2 heterocycles. The maximum atomic E-state index is 12.6. The van der Waals surface area contributed by atoms with Crippen LogP contribution >= 0.6 is 0 Å². The molecule has 3 aliphatic rings. The molecule has 2 aromatic rings. The molecule has 0 unspecified atom stereocenters. The Bertz CT molecular complexity index is 890. The Balaban J connectivity index is 1.82. The van der Waals surface area contributed by atoms with Crippen molar-refractivity contribution >= 4 is 17.0 Å². The second-order valence-corrected chi connectivity index (χ2v) is 8.62. The standard InChI is InChI=1S/C20H31N5O3/c1-3-11-25-16-14(15(23-18(25)27)21-13(4-2)12-26)22-17(24-16)19-5-8-20(28,9-6-19)10-7-19/h13,26,28H,3-12H2,1-2H3,(H,22,24)(H,21,23,27)/t13-,19?,20?/m1/s1. The van der Waals surface area contributed by atoms with E-state index in [1.54, 1.807) is 4.57 Å². The number of aliphatic hydroxyl groups is 2. The number of hydrogen-bond donors (Lipinski definition) is 4. The molecule has 0 aliphatic heterocycles. The van der Waals surface area contributed by atoms with Gasteiger partial charge in [-0.3, -0.25) is 4.57 Å². The first-order chi connectivity index (χ1) is 13.4. The van der Waals surface area contributed by atoms with Crippen LogP contribution in [-0.2, 0) is 12.0 Å². The Kier molecular flexibility index (Phi) is 4.95. The van der Waals surface area contributed by atoms with Gasteiger partial charge in [0.05, 0.1) is 18.2 Å². The van der Waals surface area contributed by atoms with E-state index in [2.05, 4.69) is 15.3 Å². The summed E-state index contributed by atoms with van der Waals surface area (Å²) in [6.07, 6.45) is 6.68. The van der Waals surface area contributed by atoms with Gasteiger partial charge in [0, 0.05) is 12.0 Å². The van der Waals surface area contributed by atoms with Gasteiger partial charge in [0.1, 0.15) is 11.3 Å². The molecular weight excluding hydrogens is 358 g/mol. The lowest BCUT2D eigenvalue weighted by Crippen LogP contribution is -2.48. The number of imidazole rings is 1. The normalized spacial score (nSPS) is 28.0. The van der Waals surface area contributed by atoms with Gasteiger partial charge in [-0.1, -0.05) is 13.8 Å². The minimum Gasteiger partial charge on any atom is -0.394 e. The van der Waals surface area contributed by atoms with E-state index in [1.807, 2.05) is 13.8 Å². The molecule has 4 N–H and O–H groups in total. The molecule has 3 fully saturated rings. The monoisotopic (exact) mass is 389 g/mol. The summed E-state index contributed by atoms with van der Waals surface area (Å²) in [5, 5.41) is 23.3. The minimum atomic E-state index is -0.498. The molecule has 2 aromatic heterocycles. The molecule has 5 rings (SSSR count). The van der Waals surface area contributed by atoms with Crippen LogP contribution in [0.1, 0.15) is 71.0 Å². The van der Waals surface area contributed by atoms with Crippen molar-refractivity contribution in [2.45, 2.75) is 88.8 Å². The number of H-pyrrole nitrogens is 1. The lowest BCUT2D eigenvalue weighted by atomic mass is 9.58. The van der Waals surface area contributed by atoms with Gasteiger partial charge < -0.3 is 20.5 Å². The molecule has 0 saturated heterocycles. The van der Waals surface area contributed by atoms with Gasteiger partial charge in [-0.15, -0.1) is 0 Å². The number of aliphatic hydroxyl groups excluding tert-OH is 1. The van der Waals surface area contributed by atoms with Crippen molar-refractivity contribution in [3.05, 3.63) is 16.3 Å². The lowest BCUT2D eigenvalue weighted by Gasteiger charge is -2.49. The fraction of sp³-hybridized carbons (Fsp3) is 0.750. The molecule has 0 spiro atoms. The van der Waals surface area contributed by atoms with Crippen LogP contribution in [0.4, 0.5) is 5.82 Å². The molecule has 28 heavy (non-hydrogen) atoms. The number of aryl methyl sites for hydroxylation is 1. The Morgan fingerprint density at radius 3 is 2.43 bits per heavy atom. The Morgan fingerprint density at radius 1 is 1.18 bits per heavy atom. The van der Waals surface area contributed by atoms with Crippen LogP contribution in [0.2, 0.25) is 0 Å². The van der Waals surface area contributed by atoms with Crippen LogP contribution in [0.25, 0.3) is 11.2 Å². The maximum absolute atomic E-state index is 12.6. The summed E-state index contributed by atoms with van der Waals surface area (Å²) in [6.45, 7) is 4.54. The van der Waals surface area contributed by atoms with Gasteiger partial charge in [0.25, 0.3) is 0 Å². The second kappa shape index (κ2) is 7.15. The van der Waals surface area contributed by atoms with E-state index in [4.69, 9.17) is 4.98 Å². The largest absolute Gasteiger partial charge is 0.394 e. The molecule has 3 saturated carbocycles. The molecule has 0 amide bonds. The predicted molar refractivity (Wildman–Crippen MR) is 108 cm³/mol. The zero-order valence-electron chi connectivity index (χ0n) is 16.8. The number of fused-ring (bicyclic) bond motifs is 4. The van der Waals surface area contributed by atoms with Crippen LogP contribution in [0.15, 0.2) is 4.79 Å². The summed E-state index contributed by atoms with van der Waals surface area (Å²) in [4.78, 5) is 25.3. The van der Waals surface area contributed by atoms with Crippen molar-refractivity contribution in [1.29, 1.82) is 0 Å². The van der Waals surface area contributed by atoms with Gasteiger partial charge in [-0.25, -0.2) is 9.78 Å². The third-order valence-electron chi connectivity index (χ3n) is 6.83. The number of aromatic amines is 1. The van der Waals surface area contributed by atoms with E-state index in [0.717, 1.165) is 62.7 Å². The average molecular weight is 390 g/mol. The van der Waals surface area contributed by atoms with E-state index in [-0.39, 0.29) is 23.8 Å². The third-order valence-corrected chi connectivity index (χ3v) is 6.83. The number of rotatable bonds is 7. The van der Waals surface area contributed by atoms with E-state index in [0.29, 0.717) is 18.0 Å². The smallest absolute Gasteiger partial charge is 0.351 e. The fourth-order valence-electron chi connectivity index (χ4n) is 4.80. The van der Waals surface area contributed by atoms with E-state index in [1.165, 1.54) is 0 Å². The number of hydrogen-bond acceptors (Lipinski definition) is 6. The molecule has 2 bridgehead atoms. The van der Waals surface area contributed by atoms with Crippen LogP contribution in [0, 0.1) is 0 Å². The molecule has 0 radical (unpaired) electrons. The molecule has 8 heteroatoms. The van der Waals surface area contributed by atoms with Crippen LogP contribution in [0.3, 0.4) is 0 Å². The highest BCUT2D eigenvalue weighted by Gasteiger charge is 2.50. The van der Waals surface area contributed by atoms with Gasteiger partial charge in [-0.2, -0.15) is 4.98 Å². The van der Waals surface area contributed by atoms with Crippen molar-refractivity contribution in [2.24, 2.45) is 0 Å². The van der Waals surface area contributed by atoms with Crippen LogP contribution in [-0.4, -0.2) is 48.0 Å². The molecular formula is C20H31N5O3. The van der Waals surface area contributed by atoms with E-state index in [9.17, 15) is 15.0 Å². The first-order valence-electron chi connectivity index (χ1n) is 10.5. The van der Waals surface area contributed by atoms with E-state index >= 15 is 0 Å². The third kappa shape index (κ3) is 3.12. The summed E-state index contributed by atoms with van der Waals surface area (Å²) in [5.41, 5.74) is 0.488. The first-order valence-corrected chi connectivity index (χ1v) is 10.5. The minimum absolute atomic E-state index is 0.0266. The summed E-state index contributed by atoms with van der Waals surface area (Å²) in [7, 11) is 0. The number of nitrogens with one attached hydrogen (secondary N) is 2. The quantitative estimate of drug-likeness (QED) is 0.576. The SMILES string of the molecule is CCCn1c(=O)nc(N[C@H](CC)CO)c2[nH]c(C34CCC(O)(CC3)CC4)nc21. The fourth-order valence-corrected chi connectivity index (χ4v) is 4.80. The maximum Gasteiger partial charge on any atom is 0.351 e. The summed E-state index contributed by atoms with van der Waals surface area (Å²) < 4.78 is 1.64. The van der Waals surface area contributed by atoms with Crippen molar-refractivity contribution in [1.82, 2.24) is 19.5 Å². The van der Waals surface area contributed by atoms with Crippen molar-refractivity contribution < 1.29 is 10.2 Å². The highest BCUT2D eigenvalue weighted by molar-refractivity contribution is 5.83. The van der Waals surface area contributed by atoms with Gasteiger partial charge >= 0.3 is 5.69 Å². The van der Waals surface area contributed by atoms with Gasteiger partial charge in [0.2, 0.25) is 0 Å². The molecule has 0 aromatic carbocycles. The van der Waals surface area contributed by atoms with Crippen LogP contribution < -0.4 is 11.0 Å². The Labute approximate surface area is 164 Å². The molecule has 8 nitrogen and oxygen atoms in total. The van der Waals surface area contributed by atoms with Crippen LogP contribution in [0.5, 0.6) is 0 Å². The Hall–Kier alpha value is -1.93. The molecule has 154 valence electrons. The Morgan fingerprint density at radius 2 is 1.86 bits per heavy atom. The number of nitrogens with zero attached hydrogens (tertiary/aromatic N) is 3. The van der Waals surface area contributed by atoms with Crippen molar-refractivity contribution in [3.8, 4) is 0 Å². The van der Waals surface area contributed by atoms with Crippen molar-refractivity contribution in [3.63, 3.8) is 0 Å². The van der Waals surface area contributed by atoms with Crippen molar-refractivity contribution in [2.75, 3.05) is 11.9 Å². The van der Waals surface area contributed by atoms with E-state index < -0.39 is 5.60 Å². The highest BCUT2D eigenvalue weighted by atomic mass is 16.3. The summed E-state index contributed by atoms with van der Waals surface area (Å²) in [6, 6.07) is -0.165. The zero-order valence-corrected chi connectivity index (χ0v) is 16.8. The number of anilines is 1. The highest BCUT2D eigenvalue weighted by Crippen LogP contribution is 2.53. The first kappa shape index (κ1) is 19.4. The topological polar surface area (TPSA) is 116 Å².